The average Bonchev–Trinajstić information content (AvgIpc) is 3.04. The van der Waals surface area contributed by atoms with Gasteiger partial charge in [0, 0.05) is 15.8 Å². The van der Waals surface area contributed by atoms with Crippen molar-refractivity contribution in [2.75, 3.05) is 6.61 Å². The first-order valence-corrected chi connectivity index (χ1v) is 8.97. The molecule has 0 amide bonds. The van der Waals surface area contributed by atoms with Crippen LogP contribution in [0.3, 0.4) is 0 Å². The number of rotatable bonds is 6. The van der Waals surface area contributed by atoms with Crippen molar-refractivity contribution in [3.63, 3.8) is 0 Å². The first-order chi connectivity index (χ1) is 11.3. The Bertz CT molecular complexity index is 774. The second-order valence-electron chi connectivity index (χ2n) is 4.71. The molecular formula is C17H15BrN2O2S. The summed E-state index contributed by atoms with van der Waals surface area (Å²) in [4.78, 5) is 0. The average molecular weight is 391 g/mol. The second kappa shape index (κ2) is 7.66. The smallest absolute Gasteiger partial charge is 0.277 e. The van der Waals surface area contributed by atoms with Gasteiger partial charge in [0.1, 0.15) is 5.75 Å². The fraction of sp³-hybridized carbons (Fsp3) is 0.176. The Morgan fingerprint density at radius 2 is 1.87 bits per heavy atom. The summed E-state index contributed by atoms with van der Waals surface area (Å²) in [5.74, 6) is 2.12. The quantitative estimate of drug-likeness (QED) is 0.541. The summed E-state index contributed by atoms with van der Waals surface area (Å²) in [6.45, 7) is 2.61. The van der Waals surface area contributed by atoms with Crippen molar-refractivity contribution < 1.29 is 9.15 Å². The molecule has 118 valence electrons. The minimum absolute atomic E-state index is 0.516. The van der Waals surface area contributed by atoms with E-state index < -0.39 is 0 Å². The maximum Gasteiger partial charge on any atom is 0.277 e. The van der Waals surface area contributed by atoms with E-state index in [1.807, 2.05) is 49.4 Å². The number of hydrogen-bond donors (Lipinski definition) is 0. The van der Waals surface area contributed by atoms with Crippen LogP contribution in [0.2, 0.25) is 0 Å². The van der Waals surface area contributed by atoms with Crippen LogP contribution in [-0.2, 0) is 5.75 Å². The summed E-state index contributed by atoms with van der Waals surface area (Å²) in [5, 5.41) is 8.76. The molecule has 6 heteroatoms. The lowest BCUT2D eigenvalue weighted by atomic mass is 10.2. The topological polar surface area (TPSA) is 48.2 Å². The van der Waals surface area contributed by atoms with Gasteiger partial charge in [0.25, 0.3) is 5.22 Å². The van der Waals surface area contributed by atoms with Gasteiger partial charge < -0.3 is 9.15 Å². The Morgan fingerprint density at radius 3 is 2.61 bits per heavy atom. The molecule has 0 spiro atoms. The fourth-order valence-electron chi connectivity index (χ4n) is 2.00. The van der Waals surface area contributed by atoms with E-state index in [-0.39, 0.29) is 0 Å². The molecule has 0 aliphatic rings. The first-order valence-electron chi connectivity index (χ1n) is 7.19. The predicted octanol–water partition coefficient (Wildman–Crippen LogP) is 5.19. The van der Waals surface area contributed by atoms with E-state index in [1.165, 1.54) is 17.3 Å². The zero-order chi connectivity index (χ0) is 16.1. The zero-order valence-electron chi connectivity index (χ0n) is 12.5. The SMILES string of the molecule is CCOc1ccc(-c2nnc(SCc3ccccc3Br)o2)cc1. The van der Waals surface area contributed by atoms with Crippen molar-refractivity contribution in [1.29, 1.82) is 0 Å². The van der Waals surface area contributed by atoms with Gasteiger partial charge >= 0.3 is 0 Å². The van der Waals surface area contributed by atoms with Crippen molar-refractivity contribution in [3.05, 3.63) is 58.6 Å². The molecule has 0 unspecified atom stereocenters. The number of aromatic nitrogens is 2. The van der Waals surface area contributed by atoms with Crippen LogP contribution in [0.4, 0.5) is 0 Å². The van der Waals surface area contributed by atoms with Crippen LogP contribution >= 0.6 is 27.7 Å². The first kappa shape index (κ1) is 16.1. The van der Waals surface area contributed by atoms with Crippen LogP contribution in [0.25, 0.3) is 11.5 Å². The van der Waals surface area contributed by atoms with E-state index in [0.717, 1.165) is 21.5 Å². The normalized spacial score (nSPS) is 10.7. The van der Waals surface area contributed by atoms with E-state index in [1.54, 1.807) is 0 Å². The molecule has 2 aromatic carbocycles. The van der Waals surface area contributed by atoms with Gasteiger partial charge in [-0.25, -0.2) is 0 Å². The largest absolute Gasteiger partial charge is 0.494 e. The van der Waals surface area contributed by atoms with Crippen molar-refractivity contribution in [2.45, 2.75) is 17.9 Å². The monoisotopic (exact) mass is 390 g/mol. The van der Waals surface area contributed by atoms with Crippen molar-refractivity contribution in [3.8, 4) is 17.2 Å². The highest BCUT2D eigenvalue weighted by molar-refractivity contribution is 9.10. The summed E-state index contributed by atoms with van der Waals surface area (Å²) in [6.07, 6.45) is 0. The van der Waals surface area contributed by atoms with Crippen molar-refractivity contribution in [2.24, 2.45) is 0 Å². The maximum absolute atomic E-state index is 5.72. The third kappa shape index (κ3) is 4.14. The molecule has 0 saturated heterocycles. The van der Waals surface area contributed by atoms with Gasteiger partial charge in [0.05, 0.1) is 6.61 Å². The molecule has 3 rings (SSSR count). The third-order valence-corrected chi connectivity index (χ3v) is 4.77. The van der Waals surface area contributed by atoms with Gasteiger partial charge in [-0.15, -0.1) is 10.2 Å². The third-order valence-electron chi connectivity index (χ3n) is 3.13. The van der Waals surface area contributed by atoms with Crippen LogP contribution in [0.15, 0.2) is 62.6 Å². The number of thioether (sulfide) groups is 1. The molecular weight excluding hydrogens is 376 g/mol. The van der Waals surface area contributed by atoms with E-state index in [4.69, 9.17) is 9.15 Å². The van der Waals surface area contributed by atoms with Gasteiger partial charge in [-0.1, -0.05) is 45.9 Å². The molecule has 0 bridgehead atoms. The van der Waals surface area contributed by atoms with Gasteiger partial charge in [-0.05, 0) is 42.8 Å². The zero-order valence-corrected chi connectivity index (χ0v) is 14.9. The van der Waals surface area contributed by atoms with E-state index in [0.29, 0.717) is 17.7 Å². The summed E-state index contributed by atoms with van der Waals surface area (Å²) >= 11 is 5.06. The summed E-state index contributed by atoms with van der Waals surface area (Å²) in [7, 11) is 0. The fourth-order valence-corrected chi connectivity index (χ4v) is 3.38. The Labute approximate surface area is 147 Å². The molecule has 0 radical (unpaired) electrons. The number of ether oxygens (including phenoxy) is 1. The molecule has 0 N–H and O–H groups in total. The molecule has 1 aromatic heterocycles. The van der Waals surface area contributed by atoms with Gasteiger partial charge in [-0.2, -0.15) is 0 Å². The minimum atomic E-state index is 0.516. The van der Waals surface area contributed by atoms with Crippen LogP contribution in [0.5, 0.6) is 5.75 Å². The standard InChI is InChI=1S/C17H15BrN2O2S/c1-2-21-14-9-7-12(8-10-14)16-19-20-17(22-16)23-11-13-5-3-4-6-15(13)18/h3-10H,2,11H2,1H3. The number of benzene rings is 2. The highest BCUT2D eigenvalue weighted by Gasteiger charge is 2.10. The Kier molecular flexibility index (Phi) is 5.35. The number of nitrogens with zero attached hydrogens (tertiary/aromatic N) is 2. The summed E-state index contributed by atoms with van der Waals surface area (Å²) in [5.41, 5.74) is 2.08. The van der Waals surface area contributed by atoms with Crippen LogP contribution < -0.4 is 4.74 Å². The molecule has 3 aromatic rings. The van der Waals surface area contributed by atoms with E-state index in [2.05, 4.69) is 32.2 Å². The van der Waals surface area contributed by atoms with Gasteiger partial charge in [0.15, 0.2) is 0 Å². The van der Waals surface area contributed by atoms with Crippen LogP contribution in [0, 0.1) is 0 Å². The van der Waals surface area contributed by atoms with Crippen LogP contribution in [-0.4, -0.2) is 16.8 Å². The Balaban J connectivity index is 1.67. The molecule has 0 aliphatic carbocycles. The lowest BCUT2D eigenvalue weighted by Gasteiger charge is -2.02. The summed E-state index contributed by atoms with van der Waals surface area (Å²) < 4.78 is 12.2. The Morgan fingerprint density at radius 1 is 1.09 bits per heavy atom. The molecule has 4 nitrogen and oxygen atoms in total. The lowest BCUT2D eigenvalue weighted by Crippen LogP contribution is -1.90. The predicted molar refractivity (Wildman–Crippen MR) is 94.6 cm³/mol. The van der Waals surface area contributed by atoms with E-state index >= 15 is 0 Å². The van der Waals surface area contributed by atoms with E-state index in [9.17, 15) is 0 Å². The highest BCUT2D eigenvalue weighted by Crippen LogP contribution is 2.28. The molecule has 0 atom stereocenters. The number of halogens is 1. The van der Waals surface area contributed by atoms with Crippen molar-refractivity contribution >= 4 is 27.7 Å². The number of hydrogen-bond acceptors (Lipinski definition) is 5. The lowest BCUT2D eigenvalue weighted by molar-refractivity contribution is 0.340. The molecule has 23 heavy (non-hydrogen) atoms. The molecule has 0 saturated carbocycles. The molecule has 1 heterocycles. The minimum Gasteiger partial charge on any atom is -0.494 e. The second-order valence-corrected chi connectivity index (χ2v) is 6.49. The molecule has 0 fully saturated rings. The van der Waals surface area contributed by atoms with Crippen LogP contribution in [0.1, 0.15) is 12.5 Å². The maximum atomic E-state index is 5.72. The van der Waals surface area contributed by atoms with Gasteiger partial charge in [-0.3, -0.25) is 0 Å². The Hall–Kier alpha value is -1.79. The van der Waals surface area contributed by atoms with Crippen molar-refractivity contribution in [1.82, 2.24) is 10.2 Å². The van der Waals surface area contributed by atoms with Gasteiger partial charge in [0.2, 0.25) is 5.89 Å². The molecule has 0 aliphatic heterocycles. The highest BCUT2D eigenvalue weighted by atomic mass is 79.9. The summed E-state index contributed by atoms with van der Waals surface area (Å²) in [6, 6.07) is 15.7.